The quantitative estimate of drug-likeness (QED) is 0.219. The van der Waals surface area contributed by atoms with Gasteiger partial charge in [0.15, 0.2) is 11.6 Å². The molecule has 1 aromatic carbocycles. The third-order valence-corrected chi connectivity index (χ3v) is 7.71. The van der Waals surface area contributed by atoms with Gasteiger partial charge in [0.25, 0.3) is 11.8 Å². The summed E-state index contributed by atoms with van der Waals surface area (Å²) in [6.07, 6.45) is 0.199. The number of ether oxygens (including phenoxy) is 1. The van der Waals surface area contributed by atoms with E-state index in [-0.39, 0.29) is 13.2 Å². The predicted molar refractivity (Wildman–Crippen MR) is 142 cm³/mol. The standard InChI is InChI=1S/C25H21N5O5S2/c1-13-12-18(31)30(24(13)32)29-22-19-14(2)20(37-23(19)28-21(27-22)17-4-3-11-36-17)15-5-7-16(8-6-15)35-10-9-26-25(33)34/h3-8,11-12,26H,9-10H2,1-2H3,(H,33,34)(H,27,28,29). The lowest BCUT2D eigenvalue weighted by atomic mass is 10.1. The molecule has 3 amide bonds. The van der Waals surface area contributed by atoms with E-state index in [0.29, 0.717) is 23.0 Å². The summed E-state index contributed by atoms with van der Waals surface area (Å²) in [5.74, 6) is 0.626. The van der Waals surface area contributed by atoms with Gasteiger partial charge in [-0.1, -0.05) is 6.07 Å². The molecule has 3 N–H and O–H groups in total. The van der Waals surface area contributed by atoms with E-state index in [2.05, 4.69) is 10.7 Å². The number of rotatable bonds is 8. The summed E-state index contributed by atoms with van der Waals surface area (Å²) in [7, 11) is 0. The summed E-state index contributed by atoms with van der Waals surface area (Å²) >= 11 is 2.99. The highest BCUT2D eigenvalue weighted by molar-refractivity contribution is 7.22. The molecule has 1 aliphatic rings. The van der Waals surface area contributed by atoms with Gasteiger partial charge >= 0.3 is 6.09 Å². The lowest BCUT2D eigenvalue weighted by Gasteiger charge is -2.17. The number of hydrazine groups is 1. The fraction of sp³-hybridized carbons (Fsp3) is 0.160. The van der Waals surface area contributed by atoms with Crippen LogP contribution in [0.4, 0.5) is 10.6 Å². The first-order valence-electron chi connectivity index (χ1n) is 11.2. The summed E-state index contributed by atoms with van der Waals surface area (Å²) in [4.78, 5) is 47.5. The summed E-state index contributed by atoms with van der Waals surface area (Å²) in [5, 5.41) is 14.5. The zero-order valence-corrected chi connectivity index (χ0v) is 21.4. The van der Waals surface area contributed by atoms with Crippen molar-refractivity contribution in [3.05, 3.63) is 59.0 Å². The Hall–Kier alpha value is -4.29. The van der Waals surface area contributed by atoms with Crippen LogP contribution in [-0.2, 0) is 9.59 Å². The summed E-state index contributed by atoms with van der Waals surface area (Å²) in [6, 6.07) is 11.3. The van der Waals surface area contributed by atoms with Crippen molar-refractivity contribution >= 4 is 56.6 Å². The molecule has 0 saturated carbocycles. The average molecular weight is 536 g/mol. The number of amides is 3. The summed E-state index contributed by atoms with van der Waals surface area (Å²) in [5.41, 5.74) is 5.14. The number of carbonyl (C=O) groups is 3. The van der Waals surface area contributed by atoms with Gasteiger partial charge in [-0.25, -0.2) is 14.8 Å². The smallest absolute Gasteiger partial charge is 0.404 e. The minimum absolute atomic E-state index is 0.185. The Morgan fingerprint density at radius 3 is 2.57 bits per heavy atom. The highest BCUT2D eigenvalue weighted by Crippen LogP contribution is 2.42. The number of benzene rings is 1. The van der Waals surface area contributed by atoms with Crippen LogP contribution >= 0.6 is 22.7 Å². The molecule has 4 aromatic rings. The van der Waals surface area contributed by atoms with Crippen LogP contribution in [0, 0.1) is 6.92 Å². The average Bonchev–Trinajstić information content (AvgIpc) is 3.58. The maximum atomic E-state index is 12.5. The van der Waals surface area contributed by atoms with E-state index >= 15 is 0 Å². The van der Waals surface area contributed by atoms with Crippen LogP contribution in [0.15, 0.2) is 53.4 Å². The number of imide groups is 1. The Kier molecular flexibility index (Phi) is 6.59. The molecule has 1 aliphatic heterocycles. The molecule has 10 nitrogen and oxygen atoms in total. The molecule has 0 unspecified atom stereocenters. The zero-order valence-electron chi connectivity index (χ0n) is 19.8. The van der Waals surface area contributed by atoms with Crippen molar-refractivity contribution in [1.82, 2.24) is 20.3 Å². The van der Waals surface area contributed by atoms with E-state index in [1.165, 1.54) is 28.7 Å². The second-order valence-electron chi connectivity index (χ2n) is 8.13. The number of nitrogens with one attached hydrogen (secondary N) is 2. The van der Waals surface area contributed by atoms with Gasteiger partial charge in [-0.3, -0.25) is 15.0 Å². The zero-order chi connectivity index (χ0) is 26.1. The molecule has 188 valence electrons. The first-order chi connectivity index (χ1) is 17.8. The number of thiophene rings is 2. The SMILES string of the molecule is CC1=CC(=O)N(Nc2nc(-c3cccs3)nc3sc(-c4ccc(OCCNC(=O)O)cc4)c(C)c23)C1=O. The largest absolute Gasteiger partial charge is 0.492 e. The highest BCUT2D eigenvalue weighted by Gasteiger charge is 2.30. The third kappa shape index (κ3) is 4.88. The first kappa shape index (κ1) is 24.4. The van der Waals surface area contributed by atoms with Crippen molar-refractivity contribution in [2.75, 3.05) is 18.6 Å². The number of anilines is 1. The van der Waals surface area contributed by atoms with Crippen LogP contribution in [-0.4, -0.2) is 51.1 Å². The number of aryl methyl sites for hydroxylation is 1. The minimum atomic E-state index is -1.09. The number of hydrogen-bond acceptors (Lipinski definition) is 9. The fourth-order valence-electron chi connectivity index (χ4n) is 3.84. The van der Waals surface area contributed by atoms with Gasteiger partial charge in [0, 0.05) is 16.5 Å². The molecule has 4 heterocycles. The van der Waals surface area contributed by atoms with Gasteiger partial charge in [-0.15, -0.1) is 22.7 Å². The van der Waals surface area contributed by atoms with Crippen LogP contribution < -0.4 is 15.5 Å². The van der Waals surface area contributed by atoms with E-state index in [9.17, 15) is 14.4 Å². The maximum absolute atomic E-state index is 12.5. The van der Waals surface area contributed by atoms with E-state index in [1.54, 1.807) is 6.92 Å². The third-order valence-electron chi connectivity index (χ3n) is 5.61. The van der Waals surface area contributed by atoms with E-state index in [4.69, 9.17) is 19.8 Å². The monoisotopic (exact) mass is 535 g/mol. The number of carboxylic acid groups (broad SMARTS) is 1. The van der Waals surface area contributed by atoms with Crippen molar-refractivity contribution in [1.29, 1.82) is 0 Å². The molecule has 0 atom stereocenters. The van der Waals surface area contributed by atoms with Crippen LogP contribution in [0.3, 0.4) is 0 Å². The van der Waals surface area contributed by atoms with Crippen molar-refractivity contribution in [2.45, 2.75) is 13.8 Å². The van der Waals surface area contributed by atoms with Crippen molar-refractivity contribution in [3.8, 4) is 26.9 Å². The Morgan fingerprint density at radius 1 is 1.14 bits per heavy atom. The molecule has 0 fully saturated rings. The first-order valence-corrected chi connectivity index (χ1v) is 12.9. The lowest BCUT2D eigenvalue weighted by Crippen LogP contribution is -2.36. The summed E-state index contributed by atoms with van der Waals surface area (Å²) < 4.78 is 5.59. The van der Waals surface area contributed by atoms with Crippen LogP contribution in [0.1, 0.15) is 12.5 Å². The normalized spacial score (nSPS) is 13.2. The number of fused-ring (bicyclic) bond motifs is 1. The molecule has 37 heavy (non-hydrogen) atoms. The highest BCUT2D eigenvalue weighted by atomic mass is 32.1. The predicted octanol–water partition coefficient (Wildman–Crippen LogP) is 4.68. The minimum Gasteiger partial charge on any atom is -0.492 e. The number of aromatic nitrogens is 2. The Bertz CT molecular complexity index is 1540. The van der Waals surface area contributed by atoms with Gasteiger partial charge in [0.05, 0.1) is 16.8 Å². The molecule has 0 bridgehead atoms. The number of nitrogens with zero attached hydrogens (tertiary/aromatic N) is 3. The van der Waals surface area contributed by atoms with E-state index in [1.807, 2.05) is 48.7 Å². The molecule has 0 radical (unpaired) electrons. The molecular weight excluding hydrogens is 514 g/mol. The Labute approximate surface area is 219 Å². The molecule has 0 spiro atoms. The summed E-state index contributed by atoms with van der Waals surface area (Å²) in [6.45, 7) is 3.95. The van der Waals surface area contributed by atoms with Crippen molar-refractivity contribution in [3.63, 3.8) is 0 Å². The molecule has 0 aliphatic carbocycles. The van der Waals surface area contributed by atoms with Crippen molar-refractivity contribution in [2.24, 2.45) is 0 Å². The van der Waals surface area contributed by atoms with Crippen LogP contribution in [0.25, 0.3) is 31.4 Å². The van der Waals surface area contributed by atoms with Crippen LogP contribution in [0.5, 0.6) is 5.75 Å². The van der Waals surface area contributed by atoms with Gasteiger partial charge < -0.3 is 15.2 Å². The second-order valence-corrected chi connectivity index (χ2v) is 10.1. The lowest BCUT2D eigenvalue weighted by molar-refractivity contribution is -0.135. The van der Waals surface area contributed by atoms with Gasteiger partial charge in [0.2, 0.25) is 0 Å². The fourth-order valence-corrected chi connectivity index (χ4v) is 5.68. The Morgan fingerprint density at radius 2 is 1.92 bits per heavy atom. The van der Waals surface area contributed by atoms with Crippen molar-refractivity contribution < 1.29 is 24.2 Å². The van der Waals surface area contributed by atoms with Gasteiger partial charge in [-0.05, 0) is 60.7 Å². The van der Waals surface area contributed by atoms with Crippen LogP contribution in [0.2, 0.25) is 0 Å². The molecular formula is C25H21N5O5S2. The van der Waals surface area contributed by atoms with Gasteiger partial charge in [0.1, 0.15) is 17.2 Å². The number of carbonyl (C=O) groups excluding carboxylic acids is 2. The van der Waals surface area contributed by atoms with E-state index < -0.39 is 17.9 Å². The molecule has 3 aromatic heterocycles. The molecule has 0 saturated heterocycles. The van der Waals surface area contributed by atoms with E-state index in [0.717, 1.165) is 36.1 Å². The topological polar surface area (TPSA) is 134 Å². The van der Waals surface area contributed by atoms with Gasteiger partial charge in [-0.2, -0.15) is 5.01 Å². The Balaban J connectivity index is 1.50. The number of hydrogen-bond donors (Lipinski definition) is 3. The maximum Gasteiger partial charge on any atom is 0.404 e. The molecule has 5 rings (SSSR count). The second kappa shape index (κ2) is 9.99. The molecule has 12 heteroatoms.